The summed E-state index contributed by atoms with van der Waals surface area (Å²) in [6.07, 6.45) is 6.10. The van der Waals surface area contributed by atoms with Gasteiger partial charge in [-0.05, 0) is 24.7 Å². The predicted molar refractivity (Wildman–Crippen MR) is 88.0 cm³/mol. The van der Waals surface area contributed by atoms with E-state index in [1.807, 2.05) is 0 Å². The number of carbonyl (C=O) groups is 2. The van der Waals surface area contributed by atoms with Crippen LogP contribution in [0.3, 0.4) is 0 Å². The van der Waals surface area contributed by atoms with E-state index in [0.29, 0.717) is 23.1 Å². The lowest BCUT2D eigenvalue weighted by molar-refractivity contribution is -0.152. The van der Waals surface area contributed by atoms with Crippen LogP contribution in [-0.2, 0) is 14.3 Å². The molecule has 0 heterocycles. The predicted octanol–water partition coefficient (Wildman–Crippen LogP) is 2.40. The van der Waals surface area contributed by atoms with Crippen molar-refractivity contribution in [3.8, 4) is 11.5 Å². The van der Waals surface area contributed by atoms with E-state index in [4.69, 9.17) is 14.2 Å². The zero-order chi connectivity index (χ0) is 17.1. The van der Waals surface area contributed by atoms with E-state index in [-0.39, 0.29) is 24.4 Å². The van der Waals surface area contributed by atoms with Crippen LogP contribution in [0.5, 0.6) is 11.5 Å². The molecule has 1 amide bonds. The molecule has 1 aromatic rings. The van der Waals surface area contributed by atoms with Crippen LogP contribution in [0.4, 0.5) is 5.69 Å². The van der Waals surface area contributed by atoms with E-state index in [0.717, 1.165) is 12.8 Å². The molecule has 3 rings (SSSR count). The largest absolute Gasteiger partial charge is 0.497 e. The van der Waals surface area contributed by atoms with Crippen LogP contribution in [0.2, 0.25) is 0 Å². The van der Waals surface area contributed by atoms with Gasteiger partial charge >= 0.3 is 5.97 Å². The van der Waals surface area contributed by atoms with Gasteiger partial charge in [-0.1, -0.05) is 12.2 Å². The lowest BCUT2D eigenvalue weighted by atomic mass is 9.94. The topological polar surface area (TPSA) is 73.9 Å². The number of ether oxygens (including phenoxy) is 3. The maximum absolute atomic E-state index is 12.1. The Morgan fingerprint density at radius 1 is 1.08 bits per heavy atom. The van der Waals surface area contributed by atoms with Crippen molar-refractivity contribution in [2.24, 2.45) is 17.8 Å². The van der Waals surface area contributed by atoms with Crippen molar-refractivity contribution in [1.29, 1.82) is 0 Å². The maximum Gasteiger partial charge on any atom is 0.310 e. The highest BCUT2D eigenvalue weighted by molar-refractivity contribution is 5.93. The van der Waals surface area contributed by atoms with E-state index in [9.17, 15) is 9.59 Å². The number of allylic oxidation sites excluding steroid dienone is 2. The number of esters is 1. The Morgan fingerprint density at radius 2 is 1.79 bits per heavy atom. The van der Waals surface area contributed by atoms with E-state index < -0.39 is 5.91 Å². The Hall–Kier alpha value is -2.50. The smallest absolute Gasteiger partial charge is 0.310 e. The second kappa shape index (κ2) is 6.95. The van der Waals surface area contributed by atoms with Gasteiger partial charge in [0.25, 0.3) is 5.91 Å². The number of methoxy groups -OCH3 is 2. The van der Waals surface area contributed by atoms with E-state index in [1.54, 1.807) is 18.2 Å². The molecule has 6 heteroatoms. The minimum absolute atomic E-state index is 0.107. The van der Waals surface area contributed by atoms with Crippen LogP contribution in [0.15, 0.2) is 30.4 Å². The molecule has 0 saturated heterocycles. The third-order valence-corrected chi connectivity index (χ3v) is 4.56. The van der Waals surface area contributed by atoms with Crippen molar-refractivity contribution in [3.63, 3.8) is 0 Å². The zero-order valence-electron chi connectivity index (χ0n) is 13.8. The fraction of sp³-hybridized carbons (Fsp3) is 0.444. The number of benzene rings is 1. The van der Waals surface area contributed by atoms with Gasteiger partial charge in [0.05, 0.1) is 20.1 Å². The third kappa shape index (κ3) is 3.53. The van der Waals surface area contributed by atoms with E-state index >= 15 is 0 Å². The molecule has 0 spiro atoms. The van der Waals surface area contributed by atoms with Gasteiger partial charge in [-0.15, -0.1) is 0 Å². The number of hydrogen-bond donors (Lipinski definition) is 1. The summed E-state index contributed by atoms with van der Waals surface area (Å²) in [5.41, 5.74) is 0.523. The third-order valence-electron chi connectivity index (χ3n) is 4.56. The molecule has 2 bridgehead atoms. The normalized spacial score (nSPS) is 23.8. The average Bonchev–Trinajstić information content (AvgIpc) is 3.22. The summed E-state index contributed by atoms with van der Waals surface area (Å²) in [7, 11) is 3.07. The Kier molecular flexibility index (Phi) is 4.74. The molecule has 24 heavy (non-hydrogen) atoms. The minimum atomic E-state index is -0.391. The molecular formula is C18H21NO5. The first-order valence-electron chi connectivity index (χ1n) is 7.97. The van der Waals surface area contributed by atoms with Gasteiger partial charge in [0.15, 0.2) is 6.61 Å². The van der Waals surface area contributed by atoms with Gasteiger partial charge in [0.2, 0.25) is 0 Å². The average molecular weight is 331 g/mol. The van der Waals surface area contributed by atoms with E-state index in [1.165, 1.54) is 14.2 Å². The quantitative estimate of drug-likeness (QED) is 0.640. The molecule has 1 saturated carbocycles. The molecule has 128 valence electrons. The number of nitrogens with one attached hydrogen (secondary N) is 1. The molecule has 2 aliphatic rings. The first-order chi connectivity index (χ1) is 11.6. The van der Waals surface area contributed by atoms with Crippen molar-refractivity contribution in [2.45, 2.75) is 12.8 Å². The molecule has 0 aliphatic heterocycles. The van der Waals surface area contributed by atoms with Crippen LogP contribution in [0, 0.1) is 17.8 Å². The summed E-state index contributed by atoms with van der Waals surface area (Å²) in [6, 6.07) is 5.05. The molecule has 2 aliphatic carbocycles. The number of anilines is 1. The van der Waals surface area contributed by atoms with Gasteiger partial charge in [0.1, 0.15) is 11.5 Å². The highest BCUT2D eigenvalue weighted by Crippen LogP contribution is 2.43. The number of hydrogen-bond acceptors (Lipinski definition) is 5. The maximum atomic E-state index is 12.1. The highest BCUT2D eigenvalue weighted by atomic mass is 16.5. The molecule has 3 unspecified atom stereocenters. The summed E-state index contributed by atoms with van der Waals surface area (Å²) < 4.78 is 15.5. The summed E-state index contributed by atoms with van der Waals surface area (Å²) in [4.78, 5) is 24.1. The number of fused-ring (bicyclic) bond motifs is 2. The summed E-state index contributed by atoms with van der Waals surface area (Å²) in [5, 5.41) is 2.68. The Labute approximate surface area is 140 Å². The van der Waals surface area contributed by atoms with Crippen LogP contribution in [0.1, 0.15) is 12.8 Å². The monoisotopic (exact) mass is 331 g/mol. The molecule has 1 fully saturated rings. The van der Waals surface area contributed by atoms with Gasteiger partial charge in [-0.2, -0.15) is 0 Å². The number of amides is 1. The Morgan fingerprint density at radius 3 is 2.33 bits per heavy atom. The van der Waals surface area contributed by atoms with E-state index in [2.05, 4.69) is 17.5 Å². The van der Waals surface area contributed by atoms with Crippen molar-refractivity contribution in [2.75, 3.05) is 26.1 Å². The standard InChI is InChI=1S/C18H21NO5/c1-22-14-7-13(8-15(9-14)23-2)19-17(20)10-24-18(21)16-6-11-3-4-12(16)5-11/h3-4,7-9,11-12,16H,5-6,10H2,1-2H3,(H,19,20). The molecule has 6 nitrogen and oxygen atoms in total. The van der Waals surface area contributed by atoms with Crippen LogP contribution < -0.4 is 14.8 Å². The lowest BCUT2D eigenvalue weighted by Crippen LogP contribution is -2.26. The summed E-state index contributed by atoms with van der Waals surface area (Å²) in [5.74, 6) is 1.11. The van der Waals surface area contributed by atoms with Gasteiger partial charge in [-0.3, -0.25) is 9.59 Å². The fourth-order valence-corrected chi connectivity index (χ4v) is 3.37. The van der Waals surface area contributed by atoms with Crippen molar-refractivity contribution >= 4 is 17.6 Å². The highest BCUT2D eigenvalue weighted by Gasteiger charge is 2.40. The summed E-state index contributed by atoms with van der Waals surface area (Å²) >= 11 is 0. The van der Waals surface area contributed by atoms with Gasteiger partial charge in [0, 0.05) is 23.9 Å². The Bertz CT molecular complexity index is 647. The molecule has 1 N–H and O–H groups in total. The van der Waals surface area contributed by atoms with Crippen molar-refractivity contribution in [1.82, 2.24) is 0 Å². The van der Waals surface area contributed by atoms with Crippen LogP contribution >= 0.6 is 0 Å². The minimum Gasteiger partial charge on any atom is -0.497 e. The van der Waals surface area contributed by atoms with Gasteiger partial charge in [-0.25, -0.2) is 0 Å². The molecule has 1 aromatic carbocycles. The van der Waals surface area contributed by atoms with Crippen molar-refractivity contribution < 1.29 is 23.8 Å². The SMILES string of the molecule is COc1cc(NC(=O)COC(=O)C2CC3C=CC2C3)cc(OC)c1. The fourth-order valence-electron chi connectivity index (χ4n) is 3.37. The molecule has 0 aromatic heterocycles. The van der Waals surface area contributed by atoms with Crippen molar-refractivity contribution in [3.05, 3.63) is 30.4 Å². The second-order valence-corrected chi connectivity index (χ2v) is 6.14. The van der Waals surface area contributed by atoms with Gasteiger partial charge < -0.3 is 19.5 Å². The summed E-state index contributed by atoms with van der Waals surface area (Å²) in [6.45, 7) is -0.296. The molecule has 0 radical (unpaired) electrons. The van der Waals surface area contributed by atoms with Crippen LogP contribution in [0.25, 0.3) is 0 Å². The second-order valence-electron chi connectivity index (χ2n) is 6.14. The lowest BCUT2D eigenvalue weighted by Gasteiger charge is -2.16. The molecule has 3 atom stereocenters. The zero-order valence-corrected chi connectivity index (χ0v) is 13.8. The first kappa shape index (κ1) is 16.4. The first-order valence-corrected chi connectivity index (χ1v) is 7.97. The Balaban J connectivity index is 1.52. The number of rotatable bonds is 6. The van der Waals surface area contributed by atoms with Crippen LogP contribution in [-0.4, -0.2) is 32.7 Å². The number of carbonyl (C=O) groups excluding carboxylic acids is 2. The molecular weight excluding hydrogens is 310 g/mol.